The van der Waals surface area contributed by atoms with Crippen molar-refractivity contribution in [2.75, 3.05) is 25.4 Å². The molecule has 3 aromatic rings. The van der Waals surface area contributed by atoms with Gasteiger partial charge in [-0.25, -0.2) is 0 Å². The number of pyridine rings is 1. The van der Waals surface area contributed by atoms with E-state index in [1.54, 1.807) is 0 Å². The van der Waals surface area contributed by atoms with Gasteiger partial charge in [0.2, 0.25) is 0 Å². The maximum atomic E-state index is 13.4. The molecule has 4 rings (SSSR count). The molecule has 0 aliphatic carbocycles. The number of Topliss-reactive ketones (excluding diaryl/α,β-unsaturated/α-hetero) is 1. The van der Waals surface area contributed by atoms with Gasteiger partial charge >= 0.3 is 6.18 Å². The number of aromatic nitrogens is 1. The van der Waals surface area contributed by atoms with Crippen LogP contribution in [0.15, 0.2) is 46.1 Å². The van der Waals surface area contributed by atoms with Crippen molar-refractivity contribution in [1.82, 2.24) is 9.88 Å². The summed E-state index contributed by atoms with van der Waals surface area (Å²) in [4.78, 5) is 30.3. The molecule has 0 unspecified atom stereocenters. The lowest BCUT2D eigenvalue weighted by Crippen LogP contribution is -2.23. The number of carbonyl (C=O) groups is 1. The molecule has 0 bridgehead atoms. The molecule has 2 heterocycles. The van der Waals surface area contributed by atoms with E-state index < -0.39 is 17.3 Å². The van der Waals surface area contributed by atoms with Crippen molar-refractivity contribution in [3.05, 3.63) is 57.3 Å². The van der Waals surface area contributed by atoms with Gasteiger partial charge in [0, 0.05) is 40.0 Å². The number of carbonyl (C=O) groups excluding carboxylic acids is 1. The minimum Gasteiger partial charge on any atom is -0.507 e. The number of hydrogen-bond donors (Lipinski definition) is 2. The smallest absolute Gasteiger partial charge is 0.416 e. The number of ketones is 1. The van der Waals surface area contributed by atoms with E-state index in [2.05, 4.69) is 9.88 Å². The molecule has 0 saturated carbocycles. The van der Waals surface area contributed by atoms with Crippen molar-refractivity contribution in [1.29, 1.82) is 0 Å². The second-order valence-electron chi connectivity index (χ2n) is 8.20. The molecule has 10 heteroatoms. The zero-order valence-electron chi connectivity index (χ0n) is 18.0. The normalized spacial score (nSPS) is 14.7. The van der Waals surface area contributed by atoms with Gasteiger partial charge < -0.3 is 15.0 Å². The maximum Gasteiger partial charge on any atom is 0.416 e. The SMILES string of the molecule is O=C(CCN1CCCC1)CSc1c(-c2cc(Cl)ccc2O)c2cc(C(F)(F)F)ccc2[nH]c1=O. The number of aromatic hydroxyl groups is 1. The Morgan fingerprint density at radius 3 is 2.59 bits per heavy atom. The van der Waals surface area contributed by atoms with Crippen LogP contribution < -0.4 is 5.56 Å². The van der Waals surface area contributed by atoms with E-state index in [9.17, 15) is 27.9 Å². The first-order valence-corrected chi connectivity index (χ1v) is 12.1. The first kappa shape index (κ1) is 24.6. The van der Waals surface area contributed by atoms with Crippen LogP contribution >= 0.6 is 23.4 Å². The van der Waals surface area contributed by atoms with Gasteiger partial charge in [-0.3, -0.25) is 9.59 Å². The average Bonchev–Trinajstić information content (AvgIpc) is 3.30. The molecular weight excluding hydrogens is 489 g/mol. The number of H-pyrrole nitrogens is 1. The number of nitrogens with one attached hydrogen (secondary N) is 1. The largest absolute Gasteiger partial charge is 0.507 e. The lowest BCUT2D eigenvalue weighted by molar-refractivity contribution is -0.137. The summed E-state index contributed by atoms with van der Waals surface area (Å²) in [7, 11) is 0. The van der Waals surface area contributed by atoms with Crippen LogP contribution in [0.4, 0.5) is 13.2 Å². The fourth-order valence-electron chi connectivity index (χ4n) is 4.08. The summed E-state index contributed by atoms with van der Waals surface area (Å²) in [6.45, 7) is 2.57. The number of benzene rings is 2. The van der Waals surface area contributed by atoms with Crippen molar-refractivity contribution < 1.29 is 23.1 Å². The molecular formula is C24H22ClF3N2O3S. The van der Waals surface area contributed by atoms with Crippen LogP contribution in [-0.4, -0.2) is 46.2 Å². The van der Waals surface area contributed by atoms with Crippen LogP contribution in [0.5, 0.6) is 5.75 Å². The second-order valence-corrected chi connectivity index (χ2v) is 9.63. The molecule has 0 amide bonds. The number of thioether (sulfide) groups is 1. The molecule has 1 aliphatic rings. The minimum absolute atomic E-state index is 0.0181. The van der Waals surface area contributed by atoms with E-state index in [0.29, 0.717) is 13.0 Å². The van der Waals surface area contributed by atoms with Gasteiger partial charge in [-0.1, -0.05) is 11.6 Å². The summed E-state index contributed by atoms with van der Waals surface area (Å²) >= 11 is 7.06. The third-order valence-electron chi connectivity index (χ3n) is 5.81. The number of halogens is 4. The van der Waals surface area contributed by atoms with E-state index in [-0.39, 0.29) is 49.2 Å². The van der Waals surface area contributed by atoms with Gasteiger partial charge in [-0.05, 0) is 62.3 Å². The fourth-order valence-corrected chi connectivity index (χ4v) is 5.25. The van der Waals surface area contributed by atoms with E-state index in [1.807, 2.05) is 0 Å². The number of hydrogen-bond acceptors (Lipinski definition) is 5. The molecule has 0 radical (unpaired) electrons. The van der Waals surface area contributed by atoms with Crippen molar-refractivity contribution in [2.24, 2.45) is 0 Å². The lowest BCUT2D eigenvalue weighted by Gasteiger charge is -2.16. The number of likely N-dealkylation sites (tertiary alicyclic amines) is 1. The zero-order valence-corrected chi connectivity index (χ0v) is 19.6. The highest BCUT2D eigenvalue weighted by Crippen LogP contribution is 2.42. The topological polar surface area (TPSA) is 73.4 Å². The van der Waals surface area contributed by atoms with Gasteiger partial charge in [0.1, 0.15) is 11.5 Å². The first-order valence-electron chi connectivity index (χ1n) is 10.8. The molecule has 2 N–H and O–H groups in total. The number of phenols is 1. The molecule has 0 spiro atoms. The molecule has 1 aromatic heterocycles. The Kier molecular flexibility index (Phi) is 7.25. The van der Waals surface area contributed by atoms with Crippen molar-refractivity contribution >= 4 is 40.0 Å². The Labute approximate surface area is 202 Å². The molecule has 0 atom stereocenters. The Morgan fingerprint density at radius 2 is 1.88 bits per heavy atom. The number of nitrogens with zero attached hydrogens (tertiary/aromatic N) is 1. The highest BCUT2D eigenvalue weighted by atomic mass is 35.5. The second kappa shape index (κ2) is 10.0. The summed E-state index contributed by atoms with van der Waals surface area (Å²) in [6, 6.07) is 7.14. The first-order chi connectivity index (χ1) is 16.1. The molecule has 2 aromatic carbocycles. The Hall–Kier alpha value is -2.49. The molecule has 1 fully saturated rings. The Balaban J connectivity index is 1.76. The predicted octanol–water partition coefficient (Wildman–Crippen LogP) is 5.72. The highest BCUT2D eigenvalue weighted by molar-refractivity contribution is 8.00. The van der Waals surface area contributed by atoms with Crippen LogP contribution in [-0.2, 0) is 11.0 Å². The summed E-state index contributed by atoms with van der Waals surface area (Å²) in [5.41, 5.74) is -1.04. The molecule has 1 saturated heterocycles. The van der Waals surface area contributed by atoms with Crippen molar-refractivity contribution in [3.63, 3.8) is 0 Å². The number of aromatic amines is 1. The Bertz CT molecular complexity index is 1290. The quantitative estimate of drug-likeness (QED) is 0.398. The number of rotatable bonds is 7. The maximum absolute atomic E-state index is 13.4. The number of fused-ring (bicyclic) bond motifs is 1. The van der Waals surface area contributed by atoms with Gasteiger partial charge in [0.15, 0.2) is 0 Å². The molecule has 180 valence electrons. The lowest BCUT2D eigenvalue weighted by atomic mass is 9.98. The average molecular weight is 511 g/mol. The van der Waals surface area contributed by atoms with E-state index in [1.165, 1.54) is 24.3 Å². The van der Waals surface area contributed by atoms with Crippen LogP contribution in [0.3, 0.4) is 0 Å². The third kappa shape index (κ3) is 5.42. The van der Waals surface area contributed by atoms with E-state index in [4.69, 9.17) is 11.6 Å². The predicted molar refractivity (Wildman–Crippen MR) is 128 cm³/mol. The third-order valence-corrected chi connectivity index (χ3v) is 7.19. The number of alkyl halides is 3. The monoisotopic (exact) mass is 510 g/mol. The Morgan fingerprint density at radius 1 is 1.15 bits per heavy atom. The fraction of sp³-hybridized carbons (Fsp3) is 0.333. The van der Waals surface area contributed by atoms with Crippen LogP contribution in [0.25, 0.3) is 22.0 Å². The van der Waals surface area contributed by atoms with E-state index >= 15 is 0 Å². The summed E-state index contributed by atoms with van der Waals surface area (Å²) in [6.07, 6.45) is -2.05. The summed E-state index contributed by atoms with van der Waals surface area (Å²) in [5, 5.41) is 10.8. The van der Waals surface area contributed by atoms with Gasteiger partial charge in [0.05, 0.1) is 16.2 Å². The van der Waals surface area contributed by atoms with Crippen LogP contribution in [0.1, 0.15) is 24.8 Å². The molecule has 34 heavy (non-hydrogen) atoms. The van der Waals surface area contributed by atoms with Crippen LogP contribution in [0.2, 0.25) is 5.02 Å². The van der Waals surface area contributed by atoms with Crippen molar-refractivity contribution in [2.45, 2.75) is 30.3 Å². The van der Waals surface area contributed by atoms with Crippen molar-refractivity contribution in [3.8, 4) is 16.9 Å². The molecule has 5 nitrogen and oxygen atoms in total. The van der Waals surface area contributed by atoms with Gasteiger partial charge in [-0.2, -0.15) is 13.2 Å². The van der Waals surface area contributed by atoms with Gasteiger partial charge in [0.25, 0.3) is 5.56 Å². The summed E-state index contributed by atoms with van der Waals surface area (Å²) < 4.78 is 40.3. The standard InChI is InChI=1S/C24H22ClF3N2O3S/c25-15-4-6-20(32)18(12-15)21-17-11-14(24(26,27)28)3-5-19(17)29-23(33)22(21)34-13-16(31)7-10-30-8-1-2-9-30/h3-6,11-12,32H,1-2,7-10,13H2,(H,29,33). The summed E-state index contributed by atoms with van der Waals surface area (Å²) in [5.74, 6) is -0.326. The minimum atomic E-state index is -4.60. The highest BCUT2D eigenvalue weighted by Gasteiger charge is 2.31. The zero-order chi connectivity index (χ0) is 24.5. The van der Waals surface area contributed by atoms with E-state index in [0.717, 1.165) is 49.8 Å². The number of phenolic OH excluding ortho intramolecular Hbond substituents is 1. The molecule has 1 aliphatic heterocycles. The van der Waals surface area contributed by atoms with Crippen LogP contribution in [0, 0.1) is 0 Å². The van der Waals surface area contributed by atoms with Gasteiger partial charge in [-0.15, -0.1) is 11.8 Å².